The van der Waals surface area contributed by atoms with Gasteiger partial charge in [-0.05, 0) is 59.7 Å². The van der Waals surface area contributed by atoms with E-state index >= 15 is 0 Å². The molecule has 0 saturated heterocycles. The molecular formula is C21H20N4OS. The molecule has 0 bridgehead atoms. The molecule has 0 aliphatic carbocycles. The molecule has 5 nitrogen and oxygen atoms in total. The Kier molecular flexibility index (Phi) is 6.12. The van der Waals surface area contributed by atoms with Crippen LogP contribution in [-0.2, 0) is 0 Å². The van der Waals surface area contributed by atoms with Crippen LogP contribution in [0.4, 0.5) is 5.69 Å². The summed E-state index contributed by atoms with van der Waals surface area (Å²) in [5, 5.41) is 12.1. The van der Waals surface area contributed by atoms with E-state index in [1.54, 1.807) is 12.4 Å². The quantitative estimate of drug-likeness (QED) is 0.512. The average Bonchev–Trinajstić information content (AvgIpc) is 3.27. The molecule has 0 spiro atoms. The van der Waals surface area contributed by atoms with Crippen molar-refractivity contribution in [2.75, 3.05) is 11.9 Å². The third-order valence-corrected chi connectivity index (χ3v) is 4.28. The number of nitrogens with one attached hydrogen (secondary N) is 1. The molecular weight excluding hydrogens is 356 g/mol. The maximum Gasteiger partial charge on any atom is 0.269 e. The highest BCUT2D eigenvalue weighted by Crippen LogP contribution is 2.22. The van der Waals surface area contributed by atoms with E-state index in [1.165, 1.54) is 10.9 Å². The lowest BCUT2D eigenvalue weighted by atomic mass is 10.1. The smallest absolute Gasteiger partial charge is 0.269 e. The highest BCUT2D eigenvalue weighted by atomic mass is 32.1. The first-order chi connectivity index (χ1) is 13.1. The lowest BCUT2D eigenvalue weighted by molar-refractivity contribution is 0.553. The summed E-state index contributed by atoms with van der Waals surface area (Å²) in [5.74, 6) is 0.753. The SMILES string of the molecule is Cc1cccc(N(C)C(=S)Oc2ccc3ccccc3c2)c1.c1cn[nH]n1. The maximum atomic E-state index is 5.84. The van der Waals surface area contributed by atoms with Gasteiger partial charge >= 0.3 is 0 Å². The number of benzene rings is 3. The Morgan fingerprint density at radius 1 is 0.926 bits per heavy atom. The first-order valence-electron chi connectivity index (χ1n) is 8.44. The van der Waals surface area contributed by atoms with Gasteiger partial charge in [0.1, 0.15) is 5.75 Å². The largest absolute Gasteiger partial charge is 0.432 e. The minimum atomic E-state index is 0.431. The van der Waals surface area contributed by atoms with Gasteiger partial charge in [0.25, 0.3) is 5.17 Å². The summed E-state index contributed by atoms with van der Waals surface area (Å²) in [7, 11) is 1.91. The topological polar surface area (TPSA) is 54.0 Å². The summed E-state index contributed by atoms with van der Waals surface area (Å²) >= 11 is 5.41. The Morgan fingerprint density at radius 2 is 1.67 bits per heavy atom. The van der Waals surface area contributed by atoms with E-state index in [0.717, 1.165) is 16.8 Å². The van der Waals surface area contributed by atoms with Crippen molar-refractivity contribution >= 4 is 33.9 Å². The van der Waals surface area contributed by atoms with Crippen LogP contribution in [0.1, 0.15) is 5.56 Å². The predicted molar refractivity (Wildman–Crippen MR) is 113 cm³/mol. The van der Waals surface area contributed by atoms with Crippen molar-refractivity contribution in [1.82, 2.24) is 15.4 Å². The van der Waals surface area contributed by atoms with E-state index in [9.17, 15) is 0 Å². The van der Waals surface area contributed by atoms with Gasteiger partial charge in [-0.15, -0.1) is 0 Å². The molecule has 6 heteroatoms. The molecule has 1 aromatic heterocycles. The summed E-state index contributed by atoms with van der Waals surface area (Å²) in [5.41, 5.74) is 2.21. The van der Waals surface area contributed by atoms with Gasteiger partial charge in [0.2, 0.25) is 0 Å². The minimum Gasteiger partial charge on any atom is -0.432 e. The highest BCUT2D eigenvalue weighted by Gasteiger charge is 2.09. The fourth-order valence-electron chi connectivity index (χ4n) is 2.51. The maximum absolute atomic E-state index is 5.84. The summed E-state index contributed by atoms with van der Waals surface area (Å²) in [6.07, 6.45) is 3.17. The lowest BCUT2D eigenvalue weighted by Gasteiger charge is -2.20. The lowest BCUT2D eigenvalue weighted by Crippen LogP contribution is -2.29. The second kappa shape index (κ2) is 8.91. The van der Waals surface area contributed by atoms with E-state index in [2.05, 4.69) is 46.6 Å². The van der Waals surface area contributed by atoms with Gasteiger partial charge in [0, 0.05) is 12.7 Å². The van der Waals surface area contributed by atoms with Crippen LogP contribution in [0.15, 0.2) is 79.1 Å². The standard InChI is InChI=1S/C19H17NOS.C2H3N3/c1-14-6-5-9-17(12-14)20(2)19(22)21-18-11-10-15-7-3-4-8-16(15)13-18;1-2-4-5-3-1/h3-13H,1-2H3;1-2H,(H,3,4,5). The molecule has 0 radical (unpaired) electrons. The number of hydrogen-bond donors (Lipinski definition) is 1. The zero-order valence-electron chi connectivity index (χ0n) is 15.2. The minimum absolute atomic E-state index is 0.431. The van der Waals surface area contributed by atoms with Crippen molar-refractivity contribution in [3.63, 3.8) is 0 Å². The molecule has 0 atom stereocenters. The Bertz CT molecular complexity index is 1000. The summed E-state index contributed by atoms with van der Waals surface area (Å²) in [4.78, 5) is 1.87. The second-order valence-electron chi connectivity index (χ2n) is 5.93. The Morgan fingerprint density at radius 3 is 2.33 bits per heavy atom. The molecule has 0 aliphatic heterocycles. The van der Waals surface area contributed by atoms with Gasteiger partial charge < -0.3 is 9.64 Å². The van der Waals surface area contributed by atoms with Gasteiger partial charge in [0.15, 0.2) is 0 Å². The van der Waals surface area contributed by atoms with Crippen LogP contribution in [0.3, 0.4) is 0 Å². The molecule has 3 aromatic carbocycles. The van der Waals surface area contributed by atoms with Crippen molar-refractivity contribution in [3.05, 3.63) is 84.7 Å². The summed E-state index contributed by atoms with van der Waals surface area (Å²) in [6, 6.07) is 22.3. The number of aryl methyl sites for hydroxylation is 1. The molecule has 0 amide bonds. The van der Waals surface area contributed by atoms with Gasteiger partial charge in [-0.1, -0.05) is 42.5 Å². The fraction of sp³-hybridized carbons (Fsp3) is 0.0952. The zero-order chi connectivity index (χ0) is 19.1. The van der Waals surface area contributed by atoms with Gasteiger partial charge in [-0.25, -0.2) is 0 Å². The fourth-order valence-corrected chi connectivity index (χ4v) is 2.71. The number of H-pyrrole nitrogens is 1. The molecule has 136 valence electrons. The van der Waals surface area contributed by atoms with E-state index in [0.29, 0.717) is 5.17 Å². The van der Waals surface area contributed by atoms with Gasteiger partial charge in [-0.3, -0.25) is 0 Å². The average molecular weight is 376 g/mol. The van der Waals surface area contributed by atoms with Crippen LogP contribution in [0.5, 0.6) is 5.75 Å². The number of fused-ring (bicyclic) bond motifs is 1. The first kappa shape index (κ1) is 18.5. The van der Waals surface area contributed by atoms with Crippen molar-refractivity contribution in [1.29, 1.82) is 0 Å². The van der Waals surface area contributed by atoms with Gasteiger partial charge in [-0.2, -0.15) is 15.4 Å². The number of aromatic nitrogens is 3. The highest BCUT2D eigenvalue weighted by molar-refractivity contribution is 7.80. The number of ether oxygens (including phenoxy) is 1. The van der Waals surface area contributed by atoms with Crippen molar-refractivity contribution in [2.45, 2.75) is 6.92 Å². The van der Waals surface area contributed by atoms with Crippen LogP contribution in [0, 0.1) is 6.92 Å². The number of aromatic amines is 1. The molecule has 0 aliphatic rings. The van der Waals surface area contributed by atoms with E-state index in [1.807, 2.05) is 54.4 Å². The number of thiocarbonyl (C=S) groups is 1. The first-order valence-corrected chi connectivity index (χ1v) is 8.85. The van der Waals surface area contributed by atoms with E-state index in [-0.39, 0.29) is 0 Å². The normalized spacial score (nSPS) is 10.0. The van der Waals surface area contributed by atoms with Crippen molar-refractivity contribution < 1.29 is 4.74 Å². The van der Waals surface area contributed by atoms with Crippen molar-refractivity contribution in [3.8, 4) is 5.75 Å². The monoisotopic (exact) mass is 376 g/mol. The second-order valence-corrected chi connectivity index (χ2v) is 6.28. The molecule has 4 rings (SSSR count). The van der Waals surface area contributed by atoms with Crippen LogP contribution in [0.25, 0.3) is 10.8 Å². The molecule has 0 fully saturated rings. The molecule has 1 N–H and O–H groups in total. The number of anilines is 1. The van der Waals surface area contributed by atoms with Crippen LogP contribution < -0.4 is 9.64 Å². The Labute approximate surface area is 163 Å². The zero-order valence-corrected chi connectivity index (χ0v) is 16.0. The predicted octanol–water partition coefficient (Wildman–Crippen LogP) is 4.75. The number of rotatable bonds is 2. The third kappa shape index (κ3) is 5.12. The molecule has 27 heavy (non-hydrogen) atoms. The number of nitrogens with zero attached hydrogens (tertiary/aromatic N) is 3. The van der Waals surface area contributed by atoms with Crippen LogP contribution >= 0.6 is 12.2 Å². The summed E-state index contributed by atoms with van der Waals surface area (Å²) < 4.78 is 5.84. The molecule has 4 aromatic rings. The summed E-state index contributed by atoms with van der Waals surface area (Å²) in [6.45, 7) is 2.06. The number of hydrogen-bond acceptors (Lipinski definition) is 4. The van der Waals surface area contributed by atoms with Gasteiger partial charge in [0.05, 0.1) is 12.4 Å². The molecule has 0 saturated carbocycles. The van der Waals surface area contributed by atoms with Crippen LogP contribution in [-0.4, -0.2) is 27.6 Å². The molecule has 0 unspecified atom stereocenters. The third-order valence-electron chi connectivity index (χ3n) is 3.92. The van der Waals surface area contributed by atoms with E-state index < -0.39 is 0 Å². The Balaban J connectivity index is 0.000000364. The van der Waals surface area contributed by atoms with Crippen LogP contribution in [0.2, 0.25) is 0 Å². The Hall–Kier alpha value is -3.25. The molecule has 1 heterocycles. The van der Waals surface area contributed by atoms with E-state index in [4.69, 9.17) is 17.0 Å². The van der Waals surface area contributed by atoms with Crippen molar-refractivity contribution in [2.24, 2.45) is 0 Å².